The highest BCUT2D eigenvalue weighted by Gasteiger charge is 2.13. The first-order valence-corrected chi connectivity index (χ1v) is 7.62. The predicted octanol–water partition coefficient (Wildman–Crippen LogP) is 2.65. The molecule has 0 saturated heterocycles. The summed E-state index contributed by atoms with van der Waals surface area (Å²) in [6.45, 7) is 0.945. The quantitative estimate of drug-likeness (QED) is 0.708. The number of aromatic amines is 1. The summed E-state index contributed by atoms with van der Waals surface area (Å²) in [6, 6.07) is 13.3. The van der Waals surface area contributed by atoms with Crippen LogP contribution in [-0.4, -0.2) is 41.3 Å². The van der Waals surface area contributed by atoms with Gasteiger partial charge in [-0.25, -0.2) is 4.98 Å². The molecule has 0 spiro atoms. The van der Waals surface area contributed by atoms with Crippen LogP contribution in [0.3, 0.4) is 0 Å². The molecule has 6 nitrogen and oxygen atoms in total. The van der Waals surface area contributed by atoms with Gasteiger partial charge in [-0.2, -0.15) is 5.10 Å². The first-order chi connectivity index (χ1) is 11.8. The van der Waals surface area contributed by atoms with Crippen LogP contribution in [0, 0.1) is 0 Å². The molecular weight excluding hydrogens is 304 g/mol. The van der Waals surface area contributed by atoms with Gasteiger partial charge < -0.3 is 9.64 Å². The number of carbonyl (C=O) groups is 1. The predicted molar refractivity (Wildman–Crippen MR) is 93.6 cm³/mol. The fourth-order valence-electron chi connectivity index (χ4n) is 2.40. The van der Waals surface area contributed by atoms with Gasteiger partial charge in [0, 0.05) is 37.0 Å². The molecule has 0 aliphatic heterocycles. The van der Waals surface area contributed by atoms with Crippen molar-refractivity contribution in [3.8, 4) is 0 Å². The number of para-hydroxylation sites is 1. The molecule has 6 heteroatoms. The molecule has 2 aromatic heterocycles. The zero-order valence-electron chi connectivity index (χ0n) is 13.3. The minimum atomic E-state index is -0.120. The minimum Gasteiger partial charge on any atom is -0.383 e. The fraction of sp³-hybridized carbons (Fsp3) is 0.167. The SMILES string of the molecule is COCCN(C(=O)/C=C/c1[nH]nc2ncccc12)c1ccccc1. The smallest absolute Gasteiger partial charge is 0.251 e. The number of pyridine rings is 1. The summed E-state index contributed by atoms with van der Waals surface area (Å²) >= 11 is 0. The summed E-state index contributed by atoms with van der Waals surface area (Å²) < 4.78 is 5.11. The van der Waals surface area contributed by atoms with E-state index in [1.807, 2.05) is 42.5 Å². The normalized spacial score (nSPS) is 11.2. The second-order valence-electron chi connectivity index (χ2n) is 5.16. The number of benzene rings is 1. The molecule has 0 atom stereocenters. The number of aromatic nitrogens is 3. The lowest BCUT2D eigenvalue weighted by Gasteiger charge is -2.20. The molecule has 1 aromatic carbocycles. The summed E-state index contributed by atoms with van der Waals surface area (Å²) in [4.78, 5) is 18.5. The third-order valence-corrected chi connectivity index (χ3v) is 3.60. The Hall–Kier alpha value is -2.99. The number of hydrogen-bond acceptors (Lipinski definition) is 4. The van der Waals surface area contributed by atoms with Crippen LogP contribution in [0.5, 0.6) is 0 Å². The molecule has 0 aliphatic rings. The summed E-state index contributed by atoms with van der Waals surface area (Å²) in [6.07, 6.45) is 4.94. The molecule has 0 radical (unpaired) electrons. The van der Waals surface area contributed by atoms with E-state index in [4.69, 9.17) is 4.74 Å². The number of methoxy groups -OCH3 is 1. The number of fused-ring (bicyclic) bond motifs is 1. The van der Waals surface area contributed by atoms with Crippen molar-refractivity contribution in [2.24, 2.45) is 0 Å². The molecule has 2 heterocycles. The molecule has 0 saturated carbocycles. The lowest BCUT2D eigenvalue weighted by molar-refractivity contribution is -0.114. The van der Waals surface area contributed by atoms with Gasteiger partial charge in [0.25, 0.3) is 5.91 Å². The Morgan fingerprint density at radius 2 is 2.08 bits per heavy atom. The van der Waals surface area contributed by atoms with Gasteiger partial charge in [0.05, 0.1) is 12.3 Å². The Kier molecular flexibility index (Phi) is 4.98. The Morgan fingerprint density at radius 1 is 1.25 bits per heavy atom. The van der Waals surface area contributed by atoms with Gasteiger partial charge in [0.2, 0.25) is 0 Å². The van der Waals surface area contributed by atoms with Crippen LogP contribution in [0.15, 0.2) is 54.7 Å². The number of rotatable bonds is 6. The van der Waals surface area contributed by atoms with Crippen LogP contribution >= 0.6 is 0 Å². The van der Waals surface area contributed by atoms with E-state index in [2.05, 4.69) is 15.2 Å². The maximum atomic E-state index is 12.6. The van der Waals surface area contributed by atoms with Crippen molar-refractivity contribution >= 4 is 28.7 Å². The van der Waals surface area contributed by atoms with Gasteiger partial charge in [-0.3, -0.25) is 9.89 Å². The van der Waals surface area contributed by atoms with Gasteiger partial charge in [0.1, 0.15) is 0 Å². The first kappa shape index (κ1) is 15.9. The fourth-order valence-corrected chi connectivity index (χ4v) is 2.40. The molecule has 122 valence electrons. The largest absolute Gasteiger partial charge is 0.383 e. The number of hydrogen-bond donors (Lipinski definition) is 1. The molecule has 3 aromatic rings. The lowest BCUT2D eigenvalue weighted by atomic mass is 10.2. The van der Waals surface area contributed by atoms with Crippen molar-refractivity contribution in [1.29, 1.82) is 0 Å². The molecule has 0 unspecified atom stereocenters. The molecule has 0 aliphatic carbocycles. The molecule has 0 fully saturated rings. The molecule has 3 rings (SSSR count). The third-order valence-electron chi connectivity index (χ3n) is 3.60. The van der Waals surface area contributed by atoms with Crippen molar-refractivity contribution in [2.75, 3.05) is 25.2 Å². The average Bonchev–Trinajstić information content (AvgIpc) is 3.04. The Bertz CT molecular complexity index is 842. The molecule has 24 heavy (non-hydrogen) atoms. The Balaban J connectivity index is 1.82. The summed E-state index contributed by atoms with van der Waals surface area (Å²) in [5, 5.41) is 7.89. The van der Waals surface area contributed by atoms with E-state index in [1.165, 1.54) is 6.08 Å². The van der Waals surface area contributed by atoms with Crippen molar-refractivity contribution in [3.05, 3.63) is 60.4 Å². The monoisotopic (exact) mass is 322 g/mol. The van der Waals surface area contributed by atoms with E-state index in [0.717, 1.165) is 16.8 Å². The standard InChI is InChI=1S/C18H18N4O2/c1-24-13-12-22(14-6-3-2-4-7-14)17(23)10-9-16-15-8-5-11-19-18(15)21-20-16/h2-11H,12-13H2,1H3,(H,19,20,21)/b10-9+. The number of H-pyrrole nitrogens is 1. The Morgan fingerprint density at radius 3 is 2.88 bits per heavy atom. The maximum Gasteiger partial charge on any atom is 0.251 e. The second-order valence-corrected chi connectivity index (χ2v) is 5.16. The van der Waals surface area contributed by atoms with E-state index in [0.29, 0.717) is 18.8 Å². The van der Waals surface area contributed by atoms with E-state index in [9.17, 15) is 4.79 Å². The van der Waals surface area contributed by atoms with Crippen molar-refractivity contribution in [3.63, 3.8) is 0 Å². The van der Waals surface area contributed by atoms with Crippen LogP contribution in [0.1, 0.15) is 5.69 Å². The van der Waals surface area contributed by atoms with Crippen molar-refractivity contribution in [1.82, 2.24) is 15.2 Å². The maximum absolute atomic E-state index is 12.6. The number of ether oxygens (including phenoxy) is 1. The molecule has 1 amide bonds. The number of amides is 1. The van der Waals surface area contributed by atoms with E-state index < -0.39 is 0 Å². The van der Waals surface area contributed by atoms with E-state index in [-0.39, 0.29) is 5.91 Å². The highest BCUT2D eigenvalue weighted by atomic mass is 16.5. The second kappa shape index (κ2) is 7.52. The van der Waals surface area contributed by atoms with E-state index >= 15 is 0 Å². The van der Waals surface area contributed by atoms with Crippen molar-refractivity contribution in [2.45, 2.75) is 0 Å². The Labute approximate surface area is 139 Å². The van der Waals surface area contributed by atoms with Crippen LogP contribution in [0.25, 0.3) is 17.1 Å². The van der Waals surface area contributed by atoms with Crippen molar-refractivity contribution < 1.29 is 9.53 Å². The lowest BCUT2D eigenvalue weighted by Crippen LogP contribution is -2.32. The molecular formula is C18H18N4O2. The van der Waals surface area contributed by atoms with Gasteiger partial charge in [0.15, 0.2) is 5.65 Å². The van der Waals surface area contributed by atoms with Gasteiger partial charge in [-0.15, -0.1) is 0 Å². The number of carbonyl (C=O) groups excluding carboxylic acids is 1. The van der Waals surface area contributed by atoms with Gasteiger partial charge >= 0.3 is 0 Å². The molecule has 1 N–H and O–H groups in total. The van der Waals surface area contributed by atoms with Crippen LogP contribution in [-0.2, 0) is 9.53 Å². The highest BCUT2D eigenvalue weighted by Crippen LogP contribution is 2.16. The third kappa shape index (κ3) is 3.49. The average molecular weight is 322 g/mol. The summed E-state index contributed by atoms with van der Waals surface area (Å²) in [7, 11) is 1.62. The highest BCUT2D eigenvalue weighted by molar-refractivity contribution is 6.04. The molecule has 0 bridgehead atoms. The summed E-state index contributed by atoms with van der Waals surface area (Å²) in [5.74, 6) is -0.120. The van der Waals surface area contributed by atoms with Crippen LogP contribution in [0.2, 0.25) is 0 Å². The minimum absolute atomic E-state index is 0.120. The number of nitrogens with one attached hydrogen (secondary N) is 1. The van der Waals surface area contributed by atoms with E-state index in [1.54, 1.807) is 24.3 Å². The number of nitrogens with zero attached hydrogens (tertiary/aromatic N) is 3. The van der Waals surface area contributed by atoms with Gasteiger partial charge in [-0.05, 0) is 30.3 Å². The zero-order chi connectivity index (χ0) is 16.8. The van der Waals surface area contributed by atoms with Crippen LogP contribution in [0.4, 0.5) is 5.69 Å². The number of anilines is 1. The first-order valence-electron chi connectivity index (χ1n) is 7.62. The topological polar surface area (TPSA) is 71.1 Å². The zero-order valence-corrected chi connectivity index (χ0v) is 13.3. The van der Waals surface area contributed by atoms with Crippen LogP contribution < -0.4 is 4.90 Å². The summed E-state index contributed by atoms with van der Waals surface area (Å²) in [5.41, 5.74) is 2.22. The van der Waals surface area contributed by atoms with Gasteiger partial charge in [-0.1, -0.05) is 18.2 Å².